The van der Waals surface area contributed by atoms with E-state index in [4.69, 9.17) is 0 Å². The number of urea groups is 1. The van der Waals surface area contributed by atoms with Gasteiger partial charge in [-0.3, -0.25) is 19.8 Å². The van der Waals surface area contributed by atoms with Crippen LogP contribution in [0.15, 0.2) is 0 Å². The summed E-state index contributed by atoms with van der Waals surface area (Å²) in [6.45, 7) is 4.30. The number of nitrogens with zero attached hydrogens (tertiary/aromatic N) is 2. The third-order valence-corrected chi connectivity index (χ3v) is 4.36. The molecule has 4 amide bonds. The lowest BCUT2D eigenvalue weighted by atomic mass is 10.4. The number of aromatic nitrogens is 1. The van der Waals surface area contributed by atoms with Gasteiger partial charge in [-0.25, -0.2) is 9.78 Å². The van der Waals surface area contributed by atoms with Crippen molar-refractivity contribution in [2.45, 2.75) is 33.1 Å². The van der Waals surface area contributed by atoms with Gasteiger partial charge in [0.2, 0.25) is 11.8 Å². The van der Waals surface area contributed by atoms with Gasteiger partial charge in [0.25, 0.3) is 0 Å². The van der Waals surface area contributed by atoms with Crippen molar-refractivity contribution in [1.29, 1.82) is 0 Å². The van der Waals surface area contributed by atoms with E-state index in [2.05, 4.69) is 15.6 Å². The topological polar surface area (TPSA) is 91.4 Å². The van der Waals surface area contributed by atoms with Gasteiger partial charge in [0.1, 0.15) is 5.00 Å². The summed E-state index contributed by atoms with van der Waals surface area (Å²) in [5.74, 6) is -0.346. The van der Waals surface area contributed by atoms with Crippen LogP contribution < -0.4 is 10.6 Å². The van der Waals surface area contributed by atoms with E-state index < -0.39 is 0 Å². The van der Waals surface area contributed by atoms with Crippen LogP contribution in [0.2, 0.25) is 0 Å². The SMILES string of the molecule is CCc1nc(C)c(NC(=O)NCCN2C(=O)CCC2=O)s1. The van der Waals surface area contributed by atoms with Crippen molar-refractivity contribution in [2.75, 3.05) is 18.4 Å². The zero-order valence-corrected chi connectivity index (χ0v) is 12.9. The fourth-order valence-corrected chi connectivity index (χ4v) is 2.92. The number of carbonyl (C=O) groups is 3. The lowest BCUT2D eigenvalue weighted by molar-refractivity contribution is -0.138. The first-order chi connectivity index (χ1) is 10.0. The molecule has 7 nitrogen and oxygen atoms in total. The van der Waals surface area contributed by atoms with Gasteiger partial charge >= 0.3 is 6.03 Å². The van der Waals surface area contributed by atoms with E-state index in [1.165, 1.54) is 16.2 Å². The van der Waals surface area contributed by atoms with E-state index in [0.717, 1.165) is 22.1 Å². The van der Waals surface area contributed by atoms with Crippen LogP contribution in [0, 0.1) is 6.92 Å². The lowest BCUT2D eigenvalue weighted by Crippen LogP contribution is -2.39. The number of likely N-dealkylation sites (tertiary alicyclic amines) is 1. The molecule has 0 bridgehead atoms. The number of nitrogens with one attached hydrogen (secondary N) is 2. The Kier molecular flexibility index (Phi) is 4.89. The van der Waals surface area contributed by atoms with E-state index in [1.54, 1.807) is 0 Å². The summed E-state index contributed by atoms with van der Waals surface area (Å²) in [4.78, 5) is 40.1. The molecule has 2 rings (SSSR count). The molecule has 2 N–H and O–H groups in total. The van der Waals surface area contributed by atoms with Gasteiger partial charge < -0.3 is 5.32 Å². The van der Waals surface area contributed by atoms with Crippen LogP contribution in [-0.4, -0.2) is 40.8 Å². The maximum Gasteiger partial charge on any atom is 0.319 e. The third kappa shape index (κ3) is 3.78. The highest BCUT2D eigenvalue weighted by Crippen LogP contribution is 2.23. The molecule has 0 radical (unpaired) electrons. The first-order valence-electron chi connectivity index (χ1n) is 6.85. The number of hydrogen-bond acceptors (Lipinski definition) is 5. The van der Waals surface area contributed by atoms with Crippen molar-refractivity contribution in [3.8, 4) is 0 Å². The summed E-state index contributed by atoms with van der Waals surface area (Å²) < 4.78 is 0. The highest BCUT2D eigenvalue weighted by atomic mass is 32.1. The Bertz CT molecular complexity index is 554. The summed E-state index contributed by atoms with van der Waals surface area (Å²) in [6.07, 6.45) is 1.36. The average molecular weight is 310 g/mol. The largest absolute Gasteiger partial charge is 0.336 e. The number of hydrogen-bond donors (Lipinski definition) is 2. The Balaban J connectivity index is 1.78. The van der Waals surface area contributed by atoms with Crippen LogP contribution in [-0.2, 0) is 16.0 Å². The summed E-state index contributed by atoms with van der Waals surface area (Å²) in [5.41, 5.74) is 0.789. The molecule has 0 aliphatic carbocycles. The molecular formula is C13H18N4O3S. The monoisotopic (exact) mass is 310 g/mol. The number of aryl methyl sites for hydroxylation is 2. The molecule has 1 aromatic heterocycles. The molecule has 0 atom stereocenters. The smallest absolute Gasteiger partial charge is 0.319 e. The van der Waals surface area contributed by atoms with Crippen LogP contribution >= 0.6 is 11.3 Å². The van der Waals surface area contributed by atoms with Crippen molar-refractivity contribution >= 4 is 34.2 Å². The van der Waals surface area contributed by atoms with Crippen LogP contribution in [0.4, 0.5) is 9.80 Å². The second-order valence-electron chi connectivity index (χ2n) is 4.70. The van der Waals surface area contributed by atoms with Gasteiger partial charge in [0.05, 0.1) is 10.7 Å². The number of imide groups is 1. The number of anilines is 1. The Morgan fingerprint density at radius 2 is 2.00 bits per heavy atom. The second-order valence-corrected chi connectivity index (χ2v) is 5.78. The number of amides is 4. The number of rotatable bonds is 5. The molecule has 8 heteroatoms. The van der Waals surface area contributed by atoms with Gasteiger partial charge in [0.15, 0.2) is 0 Å². The molecule has 1 saturated heterocycles. The molecule has 1 aliphatic heterocycles. The molecule has 2 heterocycles. The maximum absolute atomic E-state index is 11.8. The quantitative estimate of drug-likeness (QED) is 0.802. The van der Waals surface area contributed by atoms with Crippen molar-refractivity contribution in [3.05, 3.63) is 10.7 Å². The molecule has 21 heavy (non-hydrogen) atoms. The molecule has 1 aliphatic rings. The Hall–Kier alpha value is -1.96. The molecule has 0 unspecified atom stereocenters. The predicted molar refractivity (Wildman–Crippen MR) is 79.2 cm³/mol. The maximum atomic E-state index is 11.8. The van der Waals surface area contributed by atoms with E-state index >= 15 is 0 Å². The fraction of sp³-hybridized carbons (Fsp3) is 0.538. The van der Waals surface area contributed by atoms with Crippen LogP contribution in [0.1, 0.15) is 30.5 Å². The summed E-state index contributed by atoms with van der Waals surface area (Å²) in [5, 5.41) is 7.06. The molecule has 1 fully saturated rings. The molecule has 1 aromatic rings. The fourth-order valence-electron chi connectivity index (χ4n) is 2.02. The molecule has 114 valence electrons. The van der Waals surface area contributed by atoms with Crippen LogP contribution in [0.3, 0.4) is 0 Å². The summed E-state index contributed by atoms with van der Waals surface area (Å²) >= 11 is 1.45. The minimum Gasteiger partial charge on any atom is -0.336 e. The minimum atomic E-state index is -0.358. The molecule has 0 spiro atoms. The van der Waals surface area contributed by atoms with Crippen molar-refractivity contribution in [1.82, 2.24) is 15.2 Å². The standard InChI is InChI=1S/C13H18N4O3S/c1-3-9-15-8(2)12(21-9)16-13(20)14-6-7-17-10(18)4-5-11(17)19/h3-7H2,1-2H3,(H2,14,16,20). The zero-order valence-electron chi connectivity index (χ0n) is 12.1. The van der Waals surface area contributed by atoms with Gasteiger partial charge in [0, 0.05) is 25.9 Å². The molecule has 0 saturated carbocycles. The highest BCUT2D eigenvalue weighted by Gasteiger charge is 2.28. The first-order valence-corrected chi connectivity index (χ1v) is 7.67. The van der Waals surface area contributed by atoms with E-state index in [9.17, 15) is 14.4 Å². The normalized spacial score (nSPS) is 14.7. The average Bonchev–Trinajstić information content (AvgIpc) is 2.95. The van der Waals surface area contributed by atoms with Crippen LogP contribution in [0.25, 0.3) is 0 Å². The minimum absolute atomic E-state index is 0.173. The summed E-state index contributed by atoms with van der Waals surface area (Å²) in [7, 11) is 0. The molecular weight excluding hydrogens is 292 g/mol. The Morgan fingerprint density at radius 3 is 2.57 bits per heavy atom. The van der Waals surface area contributed by atoms with Crippen molar-refractivity contribution < 1.29 is 14.4 Å². The van der Waals surface area contributed by atoms with E-state index in [-0.39, 0.29) is 43.8 Å². The number of thiazole rings is 1. The lowest BCUT2D eigenvalue weighted by Gasteiger charge is -2.14. The predicted octanol–water partition coefficient (Wildman–Crippen LogP) is 1.28. The van der Waals surface area contributed by atoms with Gasteiger partial charge in [-0.05, 0) is 13.3 Å². The number of carbonyl (C=O) groups excluding carboxylic acids is 3. The zero-order chi connectivity index (χ0) is 15.4. The van der Waals surface area contributed by atoms with E-state index in [0.29, 0.717) is 0 Å². The van der Waals surface area contributed by atoms with E-state index in [1.807, 2.05) is 13.8 Å². The Morgan fingerprint density at radius 1 is 1.33 bits per heavy atom. The van der Waals surface area contributed by atoms with Gasteiger partial charge in [-0.2, -0.15) is 0 Å². The molecule has 0 aromatic carbocycles. The van der Waals surface area contributed by atoms with Gasteiger partial charge in [-0.15, -0.1) is 11.3 Å². The van der Waals surface area contributed by atoms with Crippen LogP contribution in [0.5, 0.6) is 0 Å². The van der Waals surface area contributed by atoms with Crippen molar-refractivity contribution in [2.24, 2.45) is 0 Å². The van der Waals surface area contributed by atoms with Gasteiger partial charge in [-0.1, -0.05) is 6.92 Å². The van der Waals surface area contributed by atoms with Crippen molar-refractivity contribution in [3.63, 3.8) is 0 Å². The Labute approximate surface area is 126 Å². The first kappa shape index (κ1) is 15.4. The second kappa shape index (κ2) is 6.66. The highest BCUT2D eigenvalue weighted by molar-refractivity contribution is 7.16. The summed E-state index contributed by atoms with van der Waals surface area (Å²) in [6, 6.07) is -0.358. The third-order valence-electron chi connectivity index (χ3n) is 3.15.